The summed E-state index contributed by atoms with van der Waals surface area (Å²) < 4.78 is 5.31. The summed E-state index contributed by atoms with van der Waals surface area (Å²) in [5.41, 5.74) is 2.15. The number of benzene rings is 1. The van der Waals surface area contributed by atoms with Gasteiger partial charge in [0.15, 0.2) is 0 Å². The smallest absolute Gasteiger partial charge is 0.241 e. The number of aliphatic hydroxyl groups excluding tert-OH is 1. The van der Waals surface area contributed by atoms with E-state index in [2.05, 4.69) is 15.0 Å². The summed E-state index contributed by atoms with van der Waals surface area (Å²) >= 11 is 0. The molecular weight excluding hydrogens is 254 g/mol. The molecule has 0 unspecified atom stereocenters. The van der Waals surface area contributed by atoms with Gasteiger partial charge in [-0.3, -0.25) is 4.90 Å². The SMILES string of the molecule is Cc1cccc(-c2noc(CN3CCC[C@@H](O)C3)n2)c1. The summed E-state index contributed by atoms with van der Waals surface area (Å²) in [6.45, 7) is 4.30. The number of nitrogens with zero attached hydrogens (tertiary/aromatic N) is 3. The standard InChI is InChI=1S/C15H19N3O2/c1-11-4-2-5-12(8-11)15-16-14(20-17-15)10-18-7-3-6-13(19)9-18/h2,4-5,8,13,19H,3,6-7,9-10H2,1H3/t13-/m1/s1. The van der Waals surface area contributed by atoms with Crippen LogP contribution in [0, 0.1) is 6.92 Å². The molecule has 2 heterocycles. The van der Waals surface area contributed by atoms with Crippen molar-refractivity contribution in [2.45, 2.75) is 32.4 Å². The summed E-state index contributed by atoms with van der Waals surface area (Å²) in [6, 6.07) is 8.05. The third-order valence-electron chi connectivity index (χ3n) is 3.58. The number of β-amino-alcohol motifs (C(OH)–C–C–N with tert-alkyl or cyclic N) is 1. The van der Waals surface area contributed by atoms with Crippen molar-refractivity contribution >= 4 is 0 Å². The maximum Gasteiger partial charge on any atom is 0.241 e. The second-order valence-electron chi connectivity index (χ2n) is 5.41. The molecule has 5 nitrogen and oxygen atoms in total. The number of hydrogen-bond acceptors (Lipinski definition) is 5. The van der Waals surface area contributed by atoms with Crippen LogP contribution in [0.4, 0.5) is 0 Å². The van der Waals surface area contributed by atoms with E-state index in [1.165, 1.54) is 5.56 Å². The van der Waals surface area contributed by atoms with Crippen LogP contribution in [0.25, 0.3) is 11.4 Å². The maximum absolute atomic E-state index is 9.66. The molecule has 0 saturated carbocycles. The molecule has 0 radical (unpaired) electrons. The van der Waals surface area contributed by atoms with E-state index in [1.807, 2.05) is 31.2 Å². The third kappa shape index (κ3) is 3.05. The fraction of sp³-hybridized carbons (Fsp3) is 0.467. The molecule has 20 heavy (non-hydrogen) atoms. The quantitative estimate of drug-likeness (QED) is 0.926. The predicted octanol–water partition coefficient (Wildman–Crippen LogP) is 2.00. The molecule has 1 aromatic carbocycles. The molecule has 5 heteroatoms. The van der Waals surface area contributed by atoms with Crippen molar-refractivity contribution in [2.24, 2.45) is 0 Å². The third-order valence-corrected chi connectivity index (χ3v) is 3.58. The van der Waals surface area contributed by atoms with Crippen molar-refractivity contribution in [3.8, 4) is 11.4 Å². The summed E-state index contributed by atoms with van der Waals surface area (Å²) in [7, 11) is 0. The molecule has 106 valence electrons. The van der Waals surface area contributed by atoms with Gasteiger partial charge in [-0.15, -0.1) is 0 Å². The van der Waals surface area contributed by atoms with Gasteiger partial charge in [0.25, 0.3) is 0 Å². The molecule has 1 aliphatic rings. The van der Waals surface area contributed by atoms with Crippen LogP contribution in [0.2, 0.25) is 0 Å². The van der Waals surface area contributed by atoms with E-state index in [4.69, 9.17) is 4.52 Å². The summed E-state index contributed by atoms with van der Waals surface area (Å²) in [5.74, 6) is 1.23. The van der Waals surface area contributed by atoms with Crippen molar-refractivity contribution in [3.63, 3.8) is 0 Å². The molecule has 1 saturated heterocycles. The highest BCUT2D eigenvalue weighted by molar-refractivity contribution is 5.55. The minimum atomic E-state index is -0.233. The molecule has 1 N–H and O–H groups in total. The first-order chi connectivity index (χ1) is 9.70. The Hall–Kier alpha value is -1.72. The zero-order valence-corrected chi connectivity index (χ0v) is 11.6. The Bertz CT molecular complexity index is 582. The van der Waals surface area contributed by atoms with Crippen LogP contribution in [0.3, 0.4) is 0 Å². The van der Waals surface area contributed by atoms with Gasteiger partial charge in [0.2, 0.25) is 11.7 Å². The Labute approximate surface area is 118 Å². The lowest BCUT2D eigenvalue weighted by Crippen LogP contribution is -2.37. The van der Waals surface area contributed by atoms with Crippen molar-refractivity contribution < 1.29 is 9.63 Å². The Kier molecular flexibility index (Phi) is 3.80. The normalized spacial score (nSPS) is 20.2. The van der Waals surface area contributed by atoms with E-state index in [0.29, 0.717) is 24.8 Å². The molecule has 0 aliphatic carbocycles. The van der Waals surface area contributed by atoms with Gasteiger partial charge in [-0.2, -0.15) is 4.98 Å². The Balaban J connectivity index is 1.70. The van der Waals surface area contributed by atoms with Crippen LogP contribution < -0.4 is 0 Å². The lowest BCUT2D eigenvalue weighted by Gasteiger charge is -2.28. The number of piperidine rings is 1. The number of aryl methyl sites for hydroxylation is 1. The van der Waals surface area contributed by atoms with Gasteiger partial charge in [-0.25, -0.2) is 0 Å². The van der Waals surface area contributed by atoms with Crippen LogP contribution in [-0.4, -0.2) is 39.3 Å². The van der Waals surface area contributed by atoms with Crippen molar-refractivity contribution in [1.82, 2.24) is 15.0 Å². The van der Waals surface area contributed by atoms with E-state index in [1.54, 1.807) is 0 Å². The van der Waals surface area contributed by atoms with Crippen LogP contribution in [-0.2, 0) is 6.54 Å². The topological polar surface area (TPSA) is 62.4 Å². The van der Waals surface area contributed by atoms with Gasteiger partial charge in [0, 0.05) is 12.1 Å². The fourth-order valence-electron chi connectivity index (χ4n) is 2.59. The second-order valence-corrected chi connectivity index (χ2v) is 5.41. The molecule has 1 aliphatic heterocycles. The highest BCUT2D eigenvalue weighted by Crippen LogP contribution is 2.18. The van der Waals surface area contributed by atoms with E-state index >= 15 is 0 Å². The molecule has 0 amide bonds. The van der Waals surface area contributed by atoms with Gasteiger partial charge >= 0.3 is 0 Å². The number of likely N-dealkylation sites (tertiary alicyclic amines) is 1. The zero-order chi connectivity index (χ0) is 13.9. The Morgan fingerprint density at radius 2 is 2.35 bits per heavy atom. The number of hydrogen-bond donors (Lipinski definition) is 1. The van der Waals surface area contributed by atoms with Crippen molar-refractivity contribution in [1.29, 1.82) is 0 Å². The first-order valence-corrected chi connectivity index (χ1v) is 7.01. The van der Waals surface area contributed by atoms with Gasteiger partial charge in [0.05, 0.1) is 12.6 Å². The van der Waals surface area contributed by atoms with Crippen molar-refractivity contribution in [2.75, 3.05) is 13.1 Å². The largest absolute Gasteiger partial charge is 0.392 e. The van der Waals surface area contributed by atoms with Crippen molar-refractivity contribution in [3.05, 3.63) is 35.7 Å². The van der Waals surface area contributed by atoms with Gasteiger partial charge in [0.1, 0.15) is 0 Å². The number of rotatable bonds is 3. The van der Waals surface area contributed by atoms with Crippen LogP contribution >= 0.6 is 0 Å². The molecular formula is C15H19N3O2. The van der Waals surface area contributed by atoms with Gasteiger partial charge in [-0.05, 0) is 32.4 Å². The zero-order valence-electron chi connectivity index (χ0n) is 11.6. The molecule has 0 spiro atoms. The number of aromatic nitrogens is 2. The van der Waals surface area contributed by atoms with Crippen LogP contribution in [0.1, 0.15) is 24.3 Å². The average molecular weight is 273 g/mol. The van der Waals surface area contributed by atoms with E-state index in [0.717, 1.165) is 24.9 Å². The maximum atomic E-state index is 9.66. The molecule has 2 aromatic rings. The summed E-state index contributed by atoms with van der Waals surface area (Å²) in [5, 5.41) is 13.7. The van der Waals surface area contributed by atoms with Gasteiger partial charge in [-0.1, -0.05) is 28.9 Å². The number of aliphatic hydroxyl groups is 1. The Morgan fingerprint density at radius 3 is 3.15 bits per heavy atom. The van der Waals surface area contributed by atoms with E-state index in [9.17, 15) is 5.11 Å². The summed E-state index contributed by atoms with van der Waals surface area (Å²) in [4.78, 5) is 6.59. The van der Waals surface area contributed by atoms with E-state index in [-0.39, 0.29) is 6.10 Å². The second kappa shape index (κ2) is 5.73. The minimum Gasteiger partial charge on any atom is -0.392 e. The van der Waals surface area contributed by atoms with Gasteiger partial charge < -0.3 is 9.63 Å². The first kappa shape index (κ1) is 13.3. The molecule has 3 rings (SSSR count). The molecule has 1 fully saturated rings. The minimum absolute atomic E-state index is 0.233. The monoisotopic (exact) mass is 273 g/mol. The molecule has 1 aromatic heterocycles. The summed E-state index contributed by atoms with van der Waals surface area (Å²) in [6.07, 6.45) is 1.66. The molecule has 1 atom stereocenters. The predicted molar refractivity (Wildman–Crippen MR) is 75.0 cm³/mol. The lowest BCUT2D eigenvalue weighted by atomic mass is 10.1. The lowest BCUT2D eigenvalue weighted by molar-refractivity contribution is 0.0613. The Morgan fingerprint density at radius 1 is 1.45 bits per heavy atom. The average Bonchev–Trinajstić information content (AvgIpc) is 2.87. The van der Waals surface area contributed by atoms with E-state index < -0.39 is 0 Å². The highest BCUT2D eigenvalue weighted by Gasteiger charge is 2.20. The highest BCUT2D eigenvalue weighted by atomic mass is 16.5. The first-order valence-electron chi connectivity index (χ1n) is 7.01. The molecule has 0 bridgehead atoms. The van der Waals surface area contributed by atoms with Crippen LogP contribution in [0.5, 0.6) is 0 Å². The van der Waals surface area contributed by atoms with Crippen LogP contribution in [0.15, 0.2) is 28.8 Å². The fourth-order valence-corrected chi connectivity index (χ4v) is 2.59.